The third kappa shape index (κ3) is 38.1. The average Bonchev–Trinajstić information content (AvgIpc) is 2.79. The number of halogens is 2. The zero-order valence-corrected chi connectivity index (χ0v) is 25.5. The van der Waals surface area contributed by atoms with Crippen molar-refractivity contribution < 1.29 is 94.8 Å². The van der Waals surface area contributed by atoms with Gasteiger partial charge < -0.3 is 20.0 Å². The molecule has 2 rings (SSSR count). The van der Waals surface area contributed by atoms with Crippen LogP contribution in [0, 0.1) is 20.5 Å². The maximum absolute atomic E-state index is 11.3. The number of para-hydroxylation sites is 2. The van der Waals surface area contributed by atoms with Gasteiger partial charge in [0.15, 0.2) is 0 Å². The first-order chi connectivity index (χ1) is 18.4. The first-order valence-corrected chi connectivity index (χ1v) is 14.2. The monoisotopic (exact) mass is 673 g/mol. The molecule has 0 spiro atoms. The molecular weight excluding hydrogens is 639 g/mol. The van der Waals surface area contributed by atoms with Crippen LogP contribution in [0.2, 0.25) is 0 Å². The molecule has 0 heterocycles. The van der Waals surface area contributed by atoms with Crippen LogP contribution in [0.4, 0.5) is 0 Å². The van der Waals surface area contributed by atoms with Crippen LogP contribution in [0.25, 0.3) is 0 Å². The first-order valence-electron chi connectivity index (χ1n) is 11.7. The minimum Gasteiger partial charge on any atom is -0.872 e. The SMILES string of the molecule is C[NH+](C)CCCN=Cc1ccccc1[O-].C[NH+](C)CCCN=Cc1ccccc1[O-].[Cu+2].[O-][Cl+3]([O-])([O-])[O-].[O-][Cl+3]([O-])([O-])[O-]. The average molecular weight is 675 g/mol. The van der Waals surface area contributed by atoms with Gasteiger partial charge in [0.05, 0.1) is 41.3 Å². The fourth-order valence-corrected chi connectivity index (χ4v) is 2.55. The maximum atomic E-state index is 11.3. The smallest absolute Gasteiger partial charge is 0.872 e. The second-order valence-electron chi connectivity index (χ2n) is 8.52. The van der Waals surface area contributed by atoms with Gasteiger partial charge in [-0.2, -0.15) is 0 Å². The third-order valence-electron chi connectivity index (χ3n) is 4.23. The van der Waals surface area contributed by atoms with Gasteiger partial charge in [-0.3, -0.25) is 9.98 Å². The molecule has 0 saturated heterocycles. The Morgan fingerprint density at radius 3 is 1.10 bits per heavy atom. The van der Waals surface area contributed by atoms with Gasteiger partial charge in [-0.05, 0) is 11.1 Å². The Morgan fingerprint density at radius 2 is 0.854 bits per heavy atom. The van der Waals surface area contributed by atoms with Crippen LogP contribution in [0.15, 0.2) is 58.5 Å². The standard InChI is InChI=1S/2C12H18N2O.2ClHO4.Cu/c2*1-14(2)9-5-8-13-10-11-6-3-4-7-12(11)15;2*2-1(3,4)5;/h2*3-4,6-7,10,15H,5,8-9H2,1-2H3;2*(H,2,3,4,5);/q;;;;+2/p-2. The normalized spacial score (nSPS) is 11.3. The summed E-state index contributed by atoms with van der Waals surface area (Å²) < 4.78 is 67.9. The molecule has 0 atom stereocenters. The Bertz CT molecular complexity index is 886. The van der Waals surface area contributed by atoms with Gasteiger partial charge in [0.1, 0.15) is 0 Å². The molecule has 1 radical (unpaired) electrons. The number of quaternary nitrogens is 2. The van der Waals surface area contributed by atoms with E-state index in [9.17, 15) is 10.2 Å². The molecule has 2 N–H and O–H groups in total. The zero-order valence-electron chi connectivity index (χ0n) is 23.1. The molecule has 2 aromatic rings. The van der Waals surface area contributed by atoms with Gasteiger partial charge in [-0.15, -0.1) is 32.0 Å². The van der Waals surface area contributed by atoms with Crippen molar-refractivity contribution in [2.45, 2.75) is 12.8 Å². The second-order valence-corrected chi connectivity index (χ2v) is 10.0. The molecule has 0 aliphatic heterocycles. The van der Waals surface area contributed by atoms with Gasteiger partial charge in [0.2, 0.25) is 0 Å². The molecule has 2 aromatic carbocycles. The molecule has 14 nitrogen and oxygen atoms in total. The molecule has 0 saturated carbocycles. The van der Waals surface area contributed by atoms with E-state index in [1.165, 1.54) is 9.80 Å². The van der Waals surface area contributed by atoms with Crippen LogP contribution in [0.3, 0.4) is 0 Å². The summed E-state index contributed by atoms with van der Waals surface area (Å²) in [5.74, 6) is 0.0824. The second kappa shape index (κ2) is 24.7. The Hall–Kier alpha value is -1.92. The van der Waals surface area contributed by atoms with E-state index in [1.807, 2.05) is 12.1 Å². The van der Waals surface area contributed by atoms with E-state index in [0.29, 0.717) is 11.1 Å². The molecule has 0 aliphatic rings. The zero-order chi connectivity index (χ0) is 31.2. The van der Waals surface area contributed by atoms with Gasteiger partial charge in [0, 0.05) is 38.4 Å². The molecule has 0 fully saturated rings. The van der Waals surface area contributed by atoms with Crippen LogP contribution >= 0.6 is 0 Å². The molecule has 41 heavy (non-hydrogen) atoms. The summed E-state index contributed by atoms with van der Waals surface area (Å²) in [5, 5.41) is 22.6. The van der Waals surface area contributed by atoms with Crippen molar-refractivity contribution in [3.8, 4) is 11.5 Å². The van der Waals surface area contributed by atoms with Crippen LogP contribution in [-0.2, 0) is 17.1 Å². The van der Waals surface area contributed by atoms with Crippen molar-refractivity contribution in [1.82, 2.24) is 0 Å². The van der Waals surface area contributed by atoms with Crippen molar-refractivity contribution >= 4 is 12.4 Å². The number of benzene rings is 2. The molecule has 0 amide bonds. The molecule has 0 aromatic heterocycles. The molecule has 0 unspecified atom stereocenters. The number of hydrogen-bond acceptors (Lipinski definition) is 12. The van der Waals surface area contributed by atoms with Crippen molar-refractivity contribution in [3.63, 3.8) is 0 Å². The predicted molar refractivity (Wildman–Crippen MR) is 121 cm³/mol. The fraction of sp³-hybridized carbons (Fsp3) is 0.417. The number of hydrogen-bond donors (Lipinski definition) is 2. The summed E-state index contributed by atoms with van der Waals surface area (Å²) in [4.78, 5) is 11.3. The van der Waals surface area contributed by atoms with E-state index in [1.54, 1.807) is 48.8 Å². The minimum absolute atomic E-state index is 0. The molecular formula is C24H36Cl2CuN4O10. The minimum atomic E-state index is -4.94. The van der Waals surface area contributed by atoms with E-state index in [0.717, 1.165) is 39.0 Å². The van der Waals surface area contributed by atoms with E-state index < -0.39 is 20.5 Å². The molecule has 237 valence electrons. The van der Waals surface area contributed by atoms with Crippen LogP contribution in [0.1, 0.15) is 24.0 Å². The van der Waals surface area contributed by atoms with Gasteiger partial charge in [-0.25, -0.2) is 37.3 Å². The topological polar surface area (TPSA) is 264 Å². The van der Waals surface area contributed by atoms with Crippen LogP contribution in [0.5, 0.6) is 11.5 Å². The summed E-state index contributed by atoms with van der Waals surface area (Å²) >= 11 is 0. The summed E-state index contributed by atoms with van der Waals surface area (Å²) in [6.45, 7) is 3.80. The molecule has 0 bridgehead atoms. The fourth-order valence-electron chi connectivity index (χ4n) is 2.55. The first kappa shape index (κ1) is 43.5. The summed E-state index contributed by atoms with van der Waals surface area (Å²) in [6, 6.07) is 13.9. The van der Waals surface area contributed by atoms with Gasteiger partial charge in [-0.1, -0.05) is 48.5 Å². The Balaban J connectivity index is -0.000000523. The van der Waals surface area contributed by atoms with Crippen molar-refractivity contribution in [2.75, 3.05) is 54.4 Å². The van der Waals surface area contributed by atoms with Gasteiger partial charge >= 0.3 is 17.1 Å². The van der Waals surface area contributed by atoms with Crippen molar-refractivity contribution in [1.29, 1.82) is 0 Å². The third-order valence-corrected chi connectivity index (χ3v) is 4.23. The largest absolute Gasteiger partial charge is 2.00 e. The Kier molecular flexibility index (Phi) is 26.2. The Labute approximate surface area is 255 Å². The van der Waals surface area contributed by atoms with Crippen LogP contribution in [-0.4, -0.2) is 66.8 Å². The van der Waals surface area contributed by atoms with E-state index in [-0.39, 0.29) is 28.6 Å². The number of nitrogens with zero attached hydrogens (tertiary/aromatic N) is 2. The summed E-state index contributed by atoms with van der Waals surface area (Å²) in [6.07, 6.45) is 5.46. The summed E-state index contributed by atoms with van der Waals surface area (Å²) in [7, 11) is -1.40. The van der Waals surface area contributed by atoms with Crippen molar-refractivity contribution in [2.24, 2.45) is 9.98 Å². The van der Waals surface area contributed by atoms with Crippen LogP contribution < -0.4 is 57.3 Å². The van der Waals surface area contributed by atoms with E-state index in [4.69, 9.17) is 37.3 Å². The van der Waals surface area contributed by atoms with E-state index in [2.05, 4.69) is 38.2 Å². The number of rotatable bonds is 10. The van der Waals surface area contributed by atoms with E-state index >= 15 is 0 Å². The molecule has 0 aliphatic carbocycles. The number of nitrogens with one attached hydrogen (secondary N) is 2. The predicted octanol–water partition coefficient (Wildman–Crippen LogP) is -10.1. The number of aliphatic imine (C=N–C) groups is 2. The van der Waals surface area contributed by atoms with Crippen molar-refractivity contribution in [3.05, 3.63) is 59.7 Å². The summed E-state index contributed by atoms with van der Waals surface area (Å²) in [5.41, 5.74) is 1.35. The van der Waals surface area contributed by atoms with Gasteiger partial charge in [0.25, 0.3) is 0 Å². The maximum Gasteiger partial charge on any atom is 2.00 e. The molecule has 17 heteroatoms. The quantitative estimate of drug-likeness (QED) is 0.136. The Morgan fingerprint density at radius 1 is 0.585 bits per heavy atom.